The van der Waals surface area contributed by atoms with E-state index in [0.29, 0.717) is 11.1 Å². The molecule has 32 heavy (non-hydrogen) atoms. The SMILES string of the molecule is O=C(O)c1ccc(-c2ccc(F)cc2)cc1NS(=O)(=O)c1ccc(-c2ccccc2)cc1. The molecule has 0 atom stereocenters. The normalized spacial score (nSPS) is 11.2. The maximum atomic E-state index is 13.2. The first-order valence-electron chi connectivity index (χ1n) is 9.65. The van der Waals surface area contributed by atoms with Crippen LogP contribution >= 0.6 is 0 Å². The van der Waals surface area contributed by atoms with Crippen LogP contribution in [0.4, 0.5) is 10.1 Å². The van der Waals surface area contributed by atoms with Gasteiger partial charge in [-0.05, 0) is 58.7 Å². The molecule has 4 aromatic rings. The Morgan fingerprint density at radius 1 is 0.719 bits per heavy atom. The number of hydrogen-bond donors (Lipinski definition) is 2. The number of hydrogen-bond acceptors (Lipinski definition) is 3. The summed E-state index contributed by atoms with van der Waals surface area (Å²) in [5, 5.41) is 9.51. The fraction of sp³-hybridized carbons (Fsp3) is 0. The van der Waals surface area contributed by atoms with Crippen molar-refractivity contribution in [1.82, 2.24) is 0 Å². The largest absolute Gasteiger partial charge is 0.478 e. The van der Waals surface area contributed by atoms with Gasteiger partial charge in [0.25, 0.3) is 10.0 Å². The minimum atomic E-state index is -4.05. The summed E-state index contributed by atoms with van der Waals surface area (Å²) in [7, 11) is -4.05. The highest BCUT2D eigenvalue weighted by atomic mass is 32.2. The van der Waals surface area contributed by atoms with Gasteiger partial charge in [0.05, 0.1) is 16.1 Å². The van der Waals surface area contributed by atoms with E-state index in [1.165, 1.54) is 48.5 Å². The van der Waals surface area contributed by atoms with Crippen molar-refractivity contribution in [3.8, 4) is 22.3 Å². The van der Waals surface area contributed by atoms with Crippen LogP contribution < -0.4 is 4.72 Å². The predicted octanol–water partition coefficient (Wildman–Crippen LogP) is 5.66. The van der Waals surface area contributed by atoms with Gasteiger partial charge in [0.1, 0.15) is 5.82 Å². The van der Waals surface area contributed by atoms with Crippen molar-refractivity contribution in [3.05, 3.63) is 108 Å². The molecule has 0 amide bonds. The number of aromatic carboxylic acids is 1. The second-order valence-corrected chi connectivity index (χ2v) is 8.75. The van der Waals surface area contributed by atoms with Crippen molar-refractivity contribution in [2.75, 3.05) is 4.72 Å². The zero-order valence-corrected chi connectivity index (χ0v) is 17.5. The third kappa shape index (κ3) is 4.53. The molecule has 0 aliphatic carbocycles. The second-order valence-electron chi connectivity index (χ2n) is 7.07. The third-order valence-corrected chi connectivity index (χ3v) is 6.33. The molecule has 160 valence electrons. The lowest BCUT2D eigenvalue weighted by Crippen LogP contribution is -2.15. The van der Waals surface area contributed by atoms with Crippen LogP contribution in [0, 0.1) is 5.82 Å². The van der Waals surface area contributed by atoms with E-state index in [4.69, 9.17) is 0 Å². The minimum Gasteiger partial charge on any atom is -0.478 e. The highest BCUT2D eigenvalue weighted by Crippen LogP contribution is 2.29. The summed E-state index contributed by atoms with van der Waals surface area (Å²) in [6.07, 6.45) is 0. The lowest BCUT2D eigenvalue weighted by molar-refractivity contribution is 0.0698. The molecule has 0 bridgehead atoms. The number of anilines is 1. The molecule has 0 aromatic heterocycles. The molecular weight excluding hydrogens is 429 g/mol. The number of carboxylic acids is 1. The average Bonchev–Trinajstić information content (AvgIpc) is 2.80. The summed E-state index contributed by atoms with van der Waals surface area (Å²) < 4.78 is 41.5. The topological polar surface area (TPSA) is 83.5 Å². The van der Waals surface area contributed by atoms with Gasteiger partial charge in [-0.2, -0.15) is 0 Å². The van der Waals surface area contributed by atoms with E-state index < -0.39 is 21.8 Å². The highest BCUT2D eigenvalue weighted by molar-refractivity contribution is 7.92. The van der Waals surface area contributed by atoms with Gasteiger partial charge < -0.3 is 5.11 Å². The lowest BCUT2D eigenvalue weighted by atomic mass is 10.0. The van der Waals surface area contributed by atoms with Gasteiger partial charge in [-0.3, -0.25) is 4.72 Å². The van der Waals surface area contributed by atoms with Crippen molar-refractivity contribution in [1.29, 1.82) is 0 Å². The Balaban J connectivity index is 1.67. The summed E-state index contributed by atoms with van der Waals surface area (Å²) in [4.78, 5) is 11.7. The number of carbonyl (C=O) groups is 1. The van der Waals surface area contributed by atoms with Gasteiger partial charge in [-0.25, -0.2) is 17.6 Å². The maximum absolute atomic E-state index is 13.2. The van der Waals surface area contributed by atoms with Gasteiger partial charge in [0.15, 0.2) is 0 Å². The van der Waals surface area contributed by atoms with Crippen LogP contribution in [0.2, 0.25) is 0 Å². The van der Waals surface area contributed by atoms with Crippen molar-refractivity contribution < 1.29 is 22.7 Å². The van der Waals surface area contributed by atoms with E-state index in [9.17, 15) is 22.7 Å². The van der Waals surface area contributed by atoms with Gasteiger partial charge in [-0.15, -0.1) is 0 Å². The first-order valence-corrected chi connectivity index (χ1v) is 11.1. The standard InChI is InChI=1S/C25H18FNO4S/c26-21-11-6-19(7-12-21)20-10-15-23(25(28)29)24(16-20)27-32(30,31)22-13-8-18(9-14-22)17-4-2-1-3-5-17/h1-16,27H,(H,28,29). The fourth-order valence-corrected chi connectivity index (χ4v) is 4.37. The van der Waals surface area contributed by atoms with Crippen molar-refractivity contribution in [3.63, 3.8) is 0 Å². The number of sulfonamides is 1. The number of halogens is 1. The van der Waals surface area contributed by atoms with Crippen molar-refractivity contribution >= 4 is 21.7 Å². The second kappa shape index (κ2) is 8.64. The van der Waals surface area contributed by atoms with Gasteiger partial charge in [0, 0.05) is 0 Å². The van der Waals surface area contributed by atoms with Crippen molar-refractivity contribution in [2.45, 2.75) is 4.90 Å². The van der Waals surface area contributed by atoms with E-state index in [1.807, 2.05) is 30.3 Å². The van der Waals surface area contributed by atoms with Crippen LogP contribution in [0.15, 0.2) is 102 Å². The van der Waals surface area contributed by atoms with Crippen LogP contribution in [-0.2, 0) is 10.0 Å². The molecule has 2 N–H and O–H groups in total. The zero-order valence-electron chi connectivity index (χ0n) is 16.7. The molecular formula is C25H18FNO4S. The van der Waals surface area contributed by atoms with Gasteiger partial charge in [-0.1, -0.05) is 60.7 Å². The van der Waals surface area contributed by atoms with E-state index >= 15 is 0 Å². The Morgan fingerprint density at radius 2 is 1.25 bits per heavy atom. The van der Waals surface area contributed by atoms with Crippen molar-refractivity contribution in [2.24, 2.45) is 0 Å². The molecule has 4 aromatic carbocycles. The number of rotatable bonds is 6. The first-order chi connectivity index (χ1) is 15.3. The Morgan fingerprint density at radius 3 is 1.88 bits per heavy atom. The molecule has 0 unspecified atom stereocenters. The van der Waals surface area contributed by atoms with E-state index in [1.54, 1.807) is 18.2 Å². The number of carboxylic acid groups (broad SMARTS) is 1. The molecule has 0 heterocycles. The fourth-order valence-electron chi connectivity index (χ4n) is 3.30. The number of benzene rings is 4. The smallest absolute Gasteiger partial charge is 0.337 e. The third-order valence-electron chi connectivity index (χ3n) is 4.94. The average molecular weight is 447 g/mol. The summed E-state index contributed by atoms with van der Waals surface area (Å²) in [5.41, 5.74) is 2.70. The maximum Gasteiger partial charge on any atom is 0.337 e. The minimum absolute atomic E-state index is 0.000653. The van der Waals surface area contributed by atoms with Crippen LogP contribution in [0.3, 0.4) is 0 Å². The highest BCUT2D eigenvalue weighted by Gasteiger charge is 2.19. The first kappa shape index (κ1) is 21.3. The molecule has 0 aliphatic heterocycles. The summed E-state index contributed by atoms with van der Waals surface area (Å²) >= 11 is 0. The Kier molecular flexibility index (Phi) is 5.75. The van der Waals surface area contributed by atoms with Gasteiger partial charge >= 0.3 is 5.97 Å². The molecule has 0 fully saturated rings. The molecule has 0 radical (unpaired) electrons. The Hall–Kier alpha value is -3.97. The van der Waals surface area contributed by atoms with Crippen LogP contribution in [0.1, 0.15) is 10.4 Å². The molecule has 7 heteroatoms. The van der Waals surface area contributed by atoms with E-state index in [2.05, 4.69) is 4.72 Å². The molecule has 4 rings (SSSR count). The lowest BCUT2D eigenvalue weighted by Gasteiger charge is -2.13. The van der Waals surface area contributed by atoms with Crippen LogP contribution in [0.25, 0.3) is 22.3 Å². The summed E-state index contributed by atoms with van der Waals surface area (Å²) in [6.45, 7) is 0. The van der Waals surface area contributed by atoms with E-state index in [0.717, 1.165) is 11.1 Å². The number of nitrogens with one attached hydrogen (secondary N) is 1. The molecule has 5 nitrogen and oxygen atoms in total. The van der Waals surface area contributed by atoms with Gasteiger partial charge in [0.2, 0.25) is 0 Å². The predicted molar refractivity (Wildman–Crippen MR) is 121 cm³/mol. The molecule has 0 spiro atoms. The Labute approximate surface area is 184 Å². The monoisotopic (exact) mass is 447 g/mol. The summed E-state index contributed by atoms with van der Waals surface area (Å²) in [6, 6.07) is 25.7. The van der Waals surface area contributed by atoms with E-state index in [-0.39, 0.29) is 16.1 Å². The van der Waals surface area contributed by atoms with Crippen LogP contribution in [0.5, 0.6) is 0 Å². The molecule has 0 aliphatic rings. The Bertz CT molecular complexity index is 1370. The molecule has 0 saturated carbocycles. The quantitative estimate of drug-likeness (QED) is 0.400. The summed E-state index contributed by atoms with van der Waals surface area (Å²) in [5.74, 6) is -1.68. The zero-order chi connectivity index (χ0) is 22.7. The molecule has 0 saturated heterocycles. The van der Waals surface area contributed by atoms with Crippen LogP contribution in [-0.4, -0.2) is 19.5 Å².